The first-order chi connectivity index (χ1) is 6.65. The van der Waals surface area contributed by atoms with Gasteiger partial charge in [-0.25, -0.2) is 0 Å². The Kier molecular flexibility index (Phi) is 3.29. The molecule has 1 aromatic rings. The number of hydrogen-bond acceptors (Lipinski definition) is 2. The van der Waals surface area contributed by atoms with E-state index in [1.807, 2.05) is 0 Å². The standard InChI is InChI=1S/C11H13NO2/c1-3-8(2)11(14)12-9-6-4-5-7-10(9)13/h3-7,13H,1-2H3,(H,12,14). The SMILES string of the molecule is CC=C(C)C(=O)Nc1ccccc1O. The Balaban J connectivity index is 2.80. The maximum atomic E-state index is 11.4. The van der Waals surface area contributed by atoms with Crippen LogP contribution < -0.4 is 5.32 Å². The first-order valence-corrected chi connectivity index (χ1v) is 4.37. The maximum Gasteiger partial charge on any atom is 0.251 e. The van der Waals surface area contributed by atoms with Crippen molar-refractivity contribution in [1.29, 1.82) is 0 Å². The fraction of sp³-hybridized carbons (Fsp3) is 0.182. The zero-order chi connectivity index (χ0) is 10.6. The van der Waals surface area contributed by atoms with E-state index in [1.165, 1.54) is 6.07 Å². The molecule has 3 nitrogen and oxygen atoms in total. The highest BCUT2D eigenvalue weighted by atomic mass is 16.3. The number of phenols is 1. The molecule has 0 heterocycles. The number of hydrogen-bond donors (Lipinski definition) is 2. The molecule has 14 heavy (non-hydrogen) atoms. The van der Waals surface area contributed by atoms with Crippen LogP contribution in [0.1, 0.15) is 13.8 Å². The zero-order valence-corrected chi connectivity index (χ0v) is 8.24. The first kappa shape index (κ1) is 10.3. The summed E-state index contributed by atoms with van der Waals surface area (Å²) in [6.07, 6.45) is 1.72. The molecule has 0 unspecified atom stereocenters. The summed E-state index contributed by atoms with van der Waals surface area (Å²) in [6, 6.07) is 6.63. The summed E-state index contributed by atoms with van der Waals surface area (Å²) in [4.78, 5) is 11.4. The molecule has 0 aliphatic carbocycles. The third kappa shape index (κ3) is 2.36. The van der Waals surface area contributed by atoms with Gasteiger partial charge in [-0.2, -0.15) is 0 Å². The van der Waals surface area contributed by atoms with Gasteiger partial charge in [-0.1, -0.05) is 18.2 Å². The summed E-state index contributed by atoms with van der Waals surface area (Å²) in [5.74, 6) is -0.126. The van der Waals surface area contributed by atoms with Gasteiger partial charge in [0.1, 0.15) is 5.75 Å². The third-order valence-electron chi connectivity index (χ3n) is 1.94. The monoisotopic (exact) mass is 191 g/mol. The molecule has 1 rings (SSSR count). The molecule has 0 spiro atoms. The van der Waals surface area contributed by atoms with Crippen LogP contribution in [0.15, 0.2) is 35.9 Å². The quantitative estimate of drug-likeness (QED) is 0.556. The summed E-state index contributed by atoms with van der Waals surface area (Å²) < 4.78 is 0. The highest BCUT2D eigenvalue weighted by molar-refractivity contribution is 6.03. The fourth-order valence-corrected chi connectivity index (χ4v) is 0.931. The minimum absolute atomic E-state index is 0.0738. The van der Waals surface area contributed by atoms with Crippen LogP contribution in [-0.2, 0) is 4.79 Å². The summed E-state index contributed by atoms with van der Waals surface area (Å²) in [6.45, 7) is 3.51. The van der Waals surface area contributed by atoms with Crippen LogP contribution in [0.3, 0.4) is 0 Å². The number of benzene rings is 1. The Morgan fingerprint density at radius 2 is 2.07 bits per heavy atom. The number of carbonyl (C=O) groups excluding carboxylic acids is 1. The second-order valence-electron chi connectivity index (χ2n) is 2.94. The number of aromatic hydroxyl groups is 1. The molecule has 0 saturated heterocycles. The second-order valence-corrected chi connectivity index (χ2v) is 2.94. The van der Waals surface area contributed by atoms with E-state index in [0.717, 1.165) is 0 Å². The fourth-order valence-electron chi connectivity index (χ4n) is 0.931. The van der Waals surface area contributed by atoms with Gasteiger partial charge in [0.2, 0.25) is 0 Å². The molecular weight excluding hydrogens is 178 g/mol. The van der Waals surface area contributed by atoms with Gasteiger partial charge in [-0.15, -0.1) is 0 Å². The molecule has 0 saturated carbocycles. The van der Waals surface area contributed by atoms with E-state index in [2.05, 4.69) is 5.32 Å². The van der Waals surface area contributed by atoms with Crippen LogP contribution in [0.4, 0.5) is 5.69 Å². The van der Waals surface area contributed by atoms with Crippen LogP contribution in [-0.4, -0.2) is 11.0 Å². The van der Waals surface area contributed by atoms with Crippen molar-refractivity contribution in [1.82, 2.24) is 0 Å². The number of anilines is 1. The van der Waals surface area contributed by atoms with E-state index in [0.29, 0.717) is 11.3 Å². The Morgan fingerprint density at radius 1 is 1.43 bits per heavy atom. The highest BCUT2D eigenvalue weighted by Crippen LogP contribution is 2.21. The van der Waals surface area contributed by atoms with Crippen molar-refractivity contribution in [2.75, 3.05) is 5.32 Å². The van der Waals surface area contributed by atoms with Crippen molar-refractivity contribution in [3.63, 3.8) is 0 Å². The lowest BCUT2D eigenvalue weighted by atomic mass is 10.2. The Bertz CT molecular complexity index is 369. The van der Waals surface area contributed by atoms with Gasteiger partial charge >= 0.3 is 0 Å². The molecule has 1 amide bonds. The molecule has 0 radical (unpaired) electrons. The summed E-state index contributed by atoms with van der Waals surface area (Å²) in [7, 11) is 0. The number of amides is 1. The van der Waals surface area contributed by atoms with Gasteiger partial charge in [-0.05, 0) is 26.0 Å². The van der Waals surface area contributed by atoms with Crippen molar-refractivity contribution in [3.05, 3.63) is 35.9 Å². The van der Waals surface area contributed by atoms with E-state index >= 15 is 0 Å². The van der Waals surface area contributed by atoms with Gasteiger partial charge in [0.15, 0.2) is 0 Å². The Hall–Kier alpha value is -1.77. The molecule has 74 valence electrons. The molecule has 1 aromatic carbocycles. The zero-order valence-electron chi connectivity index (χ0n) is 8.24. The van der Waals surface area contributed by atoms with Crippen LogP contribution in [0, 0.1) is 0 Å². The molecule has 0 aliphatic heterocycles. The predicted molar refractivity (Wildman–Crippen MR) is 56.2 cm³/mol. The molecule has 0 bridgehead atoms. The molecule has 0 aromatic heterocycles. The lowest BCUT2D eigenvalue weighted by molar-refractivity contribution is -0.112. The number of rotatable bonds is 2. The number of allylic oxidation sites excluding steroid dienone is 1. The summed E-state index contributed by atoms with van der Waals surface area (Å²) in [5.41, 5.74) is 1.05. The van der Waals surface area contributed by atoms with E-state index in [1.54, 1.807) is 38.1 Å². The minimum Gasteiger partial charge on any atom is -0.506 e. The van der Waals surface area contributed by atoms with Crippen LogP contribution in [0.5, 0.6) is 5.75 Å². The average molecular weight is 191 g/mol. The molecule has 2 N–H and O–H groups in total. The molecular formula is C11H13NO2. The number of phenolic OH excluding ortho intramolecular Hbond substituents is 1. The van der Waals surface area contributed by atoms with Crippen LogP contribution >= 0.6 is 0 Å². The number of nitrogens with one attached hydrogen (secondary N) is 1. The minimum atomic E-state index is -0.200. The van der Waals surface area contributed by atoms with Crippen molar-refractivity contribution in [3.8, 4) is 5.75 Å². The van der Waals surface area contributed by atoms with Crippen LogP contribution in [0.2, 0.25) is 0 Å². The predicted octanol–water partition coefficient (Wildman–Crippen LogP) is 2.30. The maximum absolute atomic E-state index is 11.4. The normalized spacial score (nSPS) is 11.1. The molecule has 0 fully saturated rings. The van der Waals surface area contributed by atoms with E-state index in [-0.39, 0.29) is 11.7 Å². The topological polar surface area (TPSA) is 49.3 Å². The largest absolute Gasteiger partial charge is 0.506 e. The number of carbonyl (C=O) groups is 1. The van der Waals surface area contributed by atoms with Gasteiger partial charge in [0.05, 0.1) is 5.69 Å². The molecule has 0 atom stereocenters. The highest BCUT2D eigenvalue weighted by Gasteiger charge is 2.05. The first-order valence-electron chi connectivity index (χ1n) is 4.37. The van der Waals surface area contributed by atoms with Crippen molar-refractivity contribution in [2.45, 2.75) is 13.8 Å². The van der Waals surface area contributed by atoms with Gasteiger partial charge < -0.3 is 10.4 Å². The number of para-hydroxylation sites is 2. The molecule has 0 aliphatic rings. The molecule has 3 heteroatoms. The third-order valence-corrected chi connectivity index (χ3v) is 1.94. The lowest BCUT2D eigenvalue weighted by Crippen LogP contribution is -2.12. The second kappa shape index (κ2) is 4.46. The van der Waals surface area contributed by atoms with Crippen molar-refractivity contribution < 1.29 is 9.90 Å². The lowest BCUT2D eigenvalue weighted by Gasteiger charge is -2.06. The smallest absolute Gasteiger partial charge is 0.251 e. The van der Waals surface area contributed by atoms with Crippen LogP contribution in [0.25, 0.3) is 0 Å². The van der Waals surface area contributed by atoms with E-state index in [9.17, 15) is 9.90 Å². The van der Waals surface area contributed by atoms with Gasteiger partial charge in [-0.3, -0.25) is 4.79 Å². The van der Waals surface area contributed by atoms with E-state index < -0.39 is 0 Å². The van der Waals surface area contributed by atoms with Gasteiger partial charge in [0, 0.05) is 5.57 Å². The Labute approximate surface area is 83.1 Å². The Morgan fingerprint density at radius 3 is 2.64 bits per heavy atom. The van der Waals surface area contributed by atoms with Crippen molar-refractivity contribution >= 4 is 11.6 Å². The summed E-state index contributed by atoms with van der Waals surface area (Å²) in [5, 5.41) is 12.0. The van der Waals surface area contributed by atoms with Gasteiger partial charge in [0.25, 0.3) is 5.91 Å². The van der Waals surface area contributed by atoms with E-state index in [4.69, 9.17) is 0 Å². The summed E-state index contributed by atoms with van der Waals surface area (Å²) >= 11 is 0. The van der Waals surface area contributed by atoms with Crippen molar-refractivity contribution in [2.24, 2.45) is 0 Å². The average Bonchev–Trinajstić information content (AvgIpc) is 2.20.